The van der Waals surface area contributed by atoms with Gasteiger partial charge in [-0.1, -0.05) is 6.07 Å². The molecule has 0 N–H and O–H groups in total. The highest BCUT2D eigenvalue weighted by atomic mass is 79.9. The molecule has 0 atom stereocenters. The van der Waals surface area contributed by atoms with Crippen LogP contribution in [0, 0.1) is 17.0 Å². The summed E-state index contributed by atoms with van der Waals surface area (Å²) in [7, 11) is 0. The molecule has 0 amide bonds. The van der Waals surface area contributed by atoms with Gasteiger partial charge in [0, 0.05) is 4.70 Å². The summed E-state index contributed by atoms with van der Waals surface area (Å²) in [5.74, 6) is 0. The van der Waals surface area contributed by atoms with Crippen LogP contribution in [0.15, 0.2) is 22.0 Å². The third kappa shape index (κ3) is 1.42. The maximum atomic E-state index is 10.8. The number of hydrogen-bond donors (Lipinski definition) is 0. The highest BCUT2D eigenvalue weighted by Crippen LogP contribution is 2.41. The molecular formula is C9H6BrNO2S. The quantitative estimate of drug-likeness (QED) is 0.584. The minimum absolute atomic E-state index is 0.171. The molecule has 0 saturated heterocycles. The SMILES string of the molecule is Cc1ccc2c([N+](=O)[O-])c(Br)sc2c1. The Labute approximate surface area is 92.6 Å². The molecule has 1 aromatic heterocycles. The van der Waals surface area contributed by atoms with Crippen LogP contribution in [0.1, 0.15) is 5.56 Å². The van der Waals surface area contributed by atoms with Gasteiger partial charge in [0.15, 0.2) is 0 Å². The molecule has 5 heteroatoms. The molecule has 1 heterocycles. The molecule has 0 aliphatic heterocycles. The zero-order valence-corrected chi connectivity index (χ0v) is 9.68. The maximum absolute atomic E-state index is 10.8. The van der Waals surface area contributed by atoms with E-state index in [9.17, 15) is 10.1 Å². The van der Waals surface area contributed by atoms with E-state index in [-0.39, 0.29) is 10.6 Å². The van der Waals surface area contributed by atoms with Crippen molar-refractivity contribution in [3.8, 4) is 0 Å². The lowest BCUT2D eigenvalue weighted by molar-refractivity contribution is -0.383. The van der Waals surface area contributed by atoms with Crippen LogP contribution in [0.5, 0.6) is 0 Å². The third-order valence-corrected chi connectivity index (χ3v) is 3.75. The van der Waals surface area contributed by atoms with E-state index in [1.807, 2.05) is 19.1 Å². The zero-order valence-electron chi connectivity index (χ0n) is 7.28. The van der Waals surface area contributed by atoms with Crippen molar-refractivity contribution in [2.45, 2.75) is 6.92 Å². The van der Waals surface area contributed by atoms with Gasteiger partial charge < -0.3 is 0 Å². The summed E-state index contributed by atoms with van der Waals surface area (Å²) in [6.07, 6.45) is 0. The van der Waals surface area contributed by atoms with E-state index in [4.69, 9.17) is 0 Å². The lowest BCUT2D eigenvalue weighted by Gasteiger charge is -1.91. The van der Waals surface area contributed by atoms with Crippen LogP contribution in [0.25, 0.3) is 10.1 Å². The van der Waals surface area contributed by atoms with Crippen molar-refractivity contribution in [3.05, 3.63) is 37.7 Å². The van der Waals surface area contributed by atoms with Gasteiger partial charge in [0.05, 0.1) is 10.3 Å². The van der Waals surface area contributed by atoms with E-state index < -0.39 is 0 Å². The minimum Gasteiger partial charge on any atom is -0.258 e. The van der Waals surface area contributed by atoms with Crippen molar-refractivity contribution in [1.82, 2.24) is 0 Å². The van der Waals surface area contributed by atoms with Gasteiger partial charge in [-0.2, -0.15) is 0 Å². The Hall–Kier alpha value is -0.940. The summed E-state index contributed by atoms with van der Waals surface area (Å²) in [5.41, 5.74) is 1.28. The fourth-order valence-electron chi connectivity index (χ4n) is 1.33. The normalized spacial score (nSPS) is 10.7. The number of aryl methyl sites for hydroxylation is 1. The topological polar surface area (TPSA) is 43.1 Å². The molecule has 72 valence electrons. The molecule has 0 fully saturated rings. The molecule has 2 rings (SSSR count). The van der Waals surface area contributed by atoms with Crippen molar-refractivity contribution < 1.29 is 4.92 Å². The molecule has 2 aromatic rings. The van der Waals surface area contributed by atoms with Gasteiger partial charge in [-0.3, -0.25) is 10.1 Å². The maximum Gasteiger partial charge on any atom is 0.302 e. The van der Waals surface area contributed by atoms with Crippen molar-refractivity contribution in [2.24, 2.45) is 0 Å². The first-order chi connectivity index (χ1) is 6.59. The van der Waals surface area contributed by atoms with Crippen molar-refractivity contribution in [3.63, 3.8) is 0 Å². The first-order valence-electron chi connectivity index (χ1n) is 3.92. The van der Waals surface area contributed by atoms with E-state index in [0.29, 0.717) is 9.17 Å². The molecule has 3 nitrogen and oxygen atoms in total. The Kier molecular flexibility index (Phi) is 2.28. The second-order valence-electron chi connectivity index (χ2n) is 2.98. The standard InChI is InChI=1S/C9H6BrNO2S/c1-5-2-3-6-7(4-5)14-9(10)8(6)11(12)13/h2-4H,1H3. The summed E-state index contributed by atoms with van der Waals surface area (Å²) < 4.78 is 1.53. The number of nitrogens with zero attached hydrogens (tertiary/aromatic N) is 1. The van der Waals surface area contributed by atoms with Gasteiger partial charge in [0.1, 0.15) is 3.79 Å². The molecule has 14 heavy (non-hydrogen) atoms. The molecule has 0 saturated carbocycles. The highest BCUT2D eigenvalue weighted by Gasteiger charge is 2.19. The number of nitro groups is 1. The number of rotatable bonds is 1. The van der Waals surface area contributed by atoms with Crippen molar-refractivity contribution in [1.29, 1.82) is 0 Å². The van der Waals surface area contributed by atoms with Crippen LogP contribution in [-0.2, 0) is 0 Å². The van der Waals surface area contributed by atoms with Gasteiger partial charge in [-0.05, 0) is 40.5 Å². The minimum atomic E-state index is -0.349. The van der Waals surface area contributed by atoms with Crippen LogP contribution in [-0.4, -0.2) is 4.92 Å². The number of thiophene rings is 1. The van der Waals surface area contributed by atoms with Gasteiger partial charge in [0.25, 0.3) is 0 Å². The van der Waals surface area contributed by atoms with E-state index in [2.05, 4.69) is 15.9 Å². The second-order valence-corrected chi connectivity index (χ2v) is 5.35. The van der Waals surface area contributed by atoms with Gasteiger partial charge in [0.2, 0.25) is 0 Å². The average Bonchev–Trinajstić information content (AvgIpc) is 2.39. The Morgan fingerprint density at radius 2 is 2.21 bits per heavy atom. The first-order valence-corrected chi connectivity index (χ1v) is 5.53. The molecule has 0 aliphatic carbocycles. The molecule has 0 bridgehead atoms. The average molecular weight is 272 g/mol. The molecule has 0 aliphatic rings. The van der Waals surface area contributed by atoms with Crippen molar-refractivity contribution >= 4 is 43.0 Å². The Morgan fingerprint density at radius 1 is 1.50 bits per heavy atom. The monoisotopic (exact) mass is 271 g/mol. The van der Waals surface area contributed by atoms with Gasteiger partial charge in [-0.15, -0.1) is 11.3 Å². The lowest BCUT2D eigenvalue weighted by atomic mass is 10.2. The van der Waals surface area contributed by atoms with E-state index >= 15 is 0 Å². The Bertz CT molecular complexity index is 521. The summed E-state index contributed by atoms with van der Waals surface area (Å²) >= 11 is 4.61. The lowest BCUT2D eigenvalue weighted by Crippen LogP contribution is -1.86. The molecule has 0 radical (unpaired) electrons. The Morgan fingerprint density at radius 3 is 2.86 bits per heavy atom. The predicted molar refractivity (Wildman–Crippen MR) is 60.9 cm³/mol. The van der Waals surface area contributed by atoms with Crippen LogP contribution in [0.2, 0.25) is 0 Å². The summed E-state index contributed by atoms with van der Waals surface area (Å²) in [6, 6.07) is 5.64. The largest absolute Gasteiger partial charge is 0.302 e. The van der Waals surface area contributed by atoms with E-state index in [1.165, 1.54) is 11.3 Å². The first kappa shape index (κ1) is 9.61. The summed E-state index contributed by atoms with van der Waals surface area (Å²) in [4.78, 5) is 10.4. The van der Waals surface area contributed by atoms with Crippen LogP contribution in [0.4, 0.5) is 5.69 Å². The molecule has 0 unspecified atom stereocenters. The molecular weight excluding hydrogens is 266 g/mol. The predicted octanol–water partition coefficient (Wildman–Crippen LogP) is 3.88. The number of hydrogen-bond acceptors (Lipinski definition) is 3. The second kappa shape index (κ2) is 3.33. The van der Waals surface area contributed by atoms with Gasteiger partial charge in [-0.25, -0.2) is 0 Å². The van der Waals surface area contributed by atoms with E-state index in [0.717, 1.165) is 10.3 Å². The summed E-state index contributed by atoms with van der Waals surface area (Å²) in [6.45, 7) is 1.97. The summed E-state index contributed by atoms with van der Waals surface area (Å²) in [5, 5.41) is 11.5. The number of benzene rings is 1. The van der Waals surface area contributed by atoms with Crippen molar-refractivity contribution in [2.75, 3.05) is 0 Å². The fourth-order valence-corrected chi connectivity index (χ4v) is 3.21. The van der Waals surface area contributed by atoms with Crippen LogP contribution >= 0.6 is 27.3 Å². The fraction of sp³-hybridized carbons (Fsp3) is 0.111. The zero-order chi connectivity index (χ0) is 10.3. The van der Waals surface area contributed by atoms with Crippen LogP contribution < -0.4 is 0 Å². The van der Waals surface area contributed by atoms with Crippen LogP contribution in [0.3, 0.4) is 0 Å². The number of fused-ring (bicyclic) bond motifs is 1. The highest BCUT2D eigenvalue weighted by molar-refractivity contribution is 9.11. The van der Waals surface area contributed by atoms with E-state index in [1.54, 1.807) is 6.07 Å². The smallest absolute Gasteiger partial charge is 0.258 e. The number of halogens is 1. The molecule has 0 spiro atoms. The molecule has 1 aromatic carbocycles. The third-order valence-electron chi connectivity index (χ3n) is 1.96. The Balaban J connectivity index is 2.84. The van der Waals surface area contributed by atoms with Gasteiger partial charge >= 0.3 is 5.69 Å².